The molecule has 1 atom stereocenters. The fourth-order valence-corrected chi connectivity index (χ4v) is 4.26. The van der Waals surface area contributed by atoms with Crippen molar-refractivity contribution in [2.24, 2.45) is 11.8 Å². The van der Waals surface area contributed by atoms with Crippen LogP contribution in [-0.2, 0) is 5.41 Å². The number of rotatable bonds is 6. The van der Waals surface area contributed by atoms with E-state index < -0.39 is 0 Å². The highest BCUT2D eigenvalue weighted by Gasteiger charge is 2.30. The van der Waals surface area contributed by atoms with Crippen LogP contribution in [0.1, 0.15) is 66.4 Å². The van der Waals surface area contributed by atoms with E-state index in [9.17, 15) is 0 Å². The summed E-state index contributed by atoms with van der Waals surface area (Å²) < 4.78 is 0. The van der Waals surface area contributed by atoms with Crippen LogP contribution >= 0.6 is 11.6 Å². The van der Waals surface area contributed by atoms with Crippen LogP contribution in [-0.4, -0.2) is 24.0 Å². The first-order chi connectivity index (χ1) is 11.7. The fraction of sp³-hybridized carbons (Fsp3) is 0.652. The van der Waals surface area contributed by atoms with Gasteiger partial charge in [0.25, 0.3) is 0 Å². The molecular weight excluding hydrogens is 326 g/mol. The molecule has 1 unspecified atom stereocenters. The lowest BCUT2D eigenvalue weighted by molar-refractivity contribution is 0.119. The zero-order valence-corrected chi connectivity index (χ0v) is 17.7. The summed E-state index contributed by atoms with van der Waals surface area (Å²) in [7, 11) is 0. The molecule has 25 heavy (non-hydrogen) atoms. The van der Waals surface area contributed by atoms with E-state index in [0.717, 1.165) is 23.3 Å². The Morgan fingerprint density at radius 3 is 2.20 bits per heavy atom. The first-order valence-corrected chi connectivity index (χ1v) is 10.2. The molecule has 0 amide bonds. The van der Waals surface area contributed by atoms with Crippen molar-refractivity contribution in [2.45, 2.75) is 72.3 Å². The second-order valence-corrected chi connectivity index (χ2v) is 9.46. The number of allylic oxidation sites excluding steroid dienone is 1. The van der Waals surface area contributed by atoms with E-state index in [1.165, 1.54) is 37.1 Å². The zero-order chi connectivity index (χ0) is 18.6. The van der Waals surface area contributed by atoms with Crippen LogP contribution in [0.5, 0.6) is 0 Å². The summed E-state index contributed by atoms with van der Waals surface area (Å²) in [5.74, 6) is 1.71. The number of likely N-dealkylation sites (tertiary alicyclic amines) is 1. The predicted molar refractivity (Wildman–Crippen MR) is 111 cm³/mol. The lowest BCUT2D eigenvalue weighted by atomic mass is 9.77. The van der Waals surface area contributed by atoms with Crippen LogP contribution in [0.2, 0.25) is 5.02 Å². The Morgan fingerprint density at radius 1 is 1.16 bits per heavy atom. The molecule has 0 bridgehead atoms. The third kappa shape index (κ3) is 5.86. The molecule has 1 aliphatic rings. The third-order valence-electron chi connectivity index (χ3n) is 5.86. The lowest BCUT2D eigenvalue weighted by Gasteiger charge is -2.41. The minimum Gasteiger partial charge on any atom is -0.297 e. The van der Waals surface area contributed by atoms with Crippen molar-refractivity contribution in [1.29, 1.82) is 0 Å². The maximum Gasteiger partial charge on any atom is 0.0406 e. The molecule has 0 radical (unpaired) electrons. The van der Waals surface area contributed by atoms with E-state index in [1.54, 1.807) is 0 Å². The smallest absolute Gasteiger partial charge is 0.0406 e. The SMILES string of the molecule is CC(C)=CC(CC(C)(C)c1ccc(Cl)cc1)N1CCC(C(C)C)CC1. The van der Waals surface area contributed by atoms with Gasteiger partial charge in [0.1, 0.15) is 0 Å². The van der Waals surface area contributed by atoms with Gasteiger partial charge in [0.05, 0.1) is 0 Å². The predicted octanol–water partition coefficient (Wildman–Crippen LogP) is 6.71. The molecule has 140 valence electrons. The molecule has 0 N–H and O–H groups in total. The molecule has 0 aromatic heterocycles. The summed E-state index contributed by atoms with van der Waals surface area (Å²) in [4.78, 5) is 2.71. The Kier molecular flexibility index (Phi) is 7.17. The molecule has 0 saturated carbocycles. The van der Waals surface area contributed by atoms with Crippen molar-refractivity contribution in [3.63, 3.8) is 0 Å². The highest BCUT2D eigenvalue weighted by Crippen LogP contribution is 2.33. The van der Waals surface area contributed by atoms with Crippen molar-refractivity contribution in [3.8, 4) is 0 Å². The minimum absolute atomic E-state index is 0.135. The van der Waals surface area contributed by atoms with Gasteiger partial charge in [0.15, 0.2) is 0 Å². The Hall–Kier alpha value is -0.790. The Balaban J connectivity index is 2.12. The summed E-state index contributed by atoms with van der Waals surface area (Å²) in [5, 5.41) is 0.816. The second kappa shape index (κ2) is 8.73. The molecule has 0 spiro atoms. The molecule has 1 aliphatic heterocycles. The van der Waals surface area contributed by atoms with E-state index in [0.29, 0.717) is 6.04 Å². The summed E-state index contributed by atoms with van der Waals surface area (Å²) in [6.07, 6.45) is 6.30. The Bertz CT molecular complexity index is 558. The average Bonchev–Trinajstić information content (AvgIpc) is 2.54. The second-order valence-electron chi connectivity index (χ2n) is 9.02. The summed E-state index contributed by atoms with van der Waals surface area (Å²) in [5.41, 5.74) is 2.93. The molecule has 0 aliphatic carbocycles. The van der Waals surface area contributed by atoms with Crippen LogP contribution in [0.15, 0.2) is 35.9 Å². The minimum atomic E-state index is 0.135. The van der Waals surface area contributed by atoms with Gasteiger partial charge >= 0.3 is 0 Å². The molecule has 1 fully saturated rings. The highest BCUT2D eigenvalue weighted by molar-refractivity contribution is 6.30. The third-order valence-corrected chi connectivity index (χ3v) is 6.11. The molecule has 2 heteroatoms. The summed E-state index contributed by atoms with van der Waals surface area (Å²) >= 11 is 6.08. The summed E-state index contributed by atoms with van der Waals surface area (Å²) in [6, 6.07) is 8.93. The van der Waals surface area contributed by atoms with Gasteiger partial charge in [0.2, 0.25) is 0 Å². The van der Waals surface area contributed by atoms with Gasteiger partial charge in [-0.1, -0.05) is 63.1 Å². The van der Waals surface area contributed by atoms with Crippen LogP contribution in [0.3, 0.4) is 0 Å². The number of halogens is 1. The number of nitrogens with zero attached hydrogens (tertiary/aromatic N) is 1. The van der Waals surface area contributed by atoms with Crippen LogP contribution < -0.4 is 0 Å². The Labute approximate surface area is 160 Å². The van der Waals surface area contributed by atoms with Crippen LogP contribution in [0.4, 0.5) is 0 Å². The van der Waals surface area contributed by atoms with Crippen LogP contribution in [0, 0.1) is 11.8 Å². The first-order valence-electron chi connectivity index (χ1n) is 9.84. The van der Waals surface area contributed by atoms with Crippen LogP contribution in [0.25, 0.3) is 0 Å². The molecule has 1 nitrogen and oxygen atoms in total. The Morgan fingerprint density at radius 2 is 1.72 bits per heavy atom. The quantitative estimate of drug-likeness (QED) is 0.509. The normalized spacial score (nSPS) is 18.4. The fourth-order valence-electron chi connectivity index (χ4n) is 4.14. The van der Waals surface area contributed by atoms with Gasteiger partial charge in [0, 0.05) is 11.1 Å². The topological polar surface area (TPSA) is 3.24 Å². The van der Waals surface area contributed by atoms with E-state index in [1.807, 2.05) is 12.1 Å². The van der Waals surface area contributed by atoms with E-state index in [2.05, 4.69) is 64.7 Å². The van der Waals surface area contributed by atoms with E-state index >= 15 is 0 Å². The van der Waals surface area contributed by atoms with Gasteiger partial charge in [-0.2, -0.15) is 0 Å². The van der Waals surface area contributed by atoms with Crippen molar-refractivity contribution in [1.82, 2.24) is 4.90 Å². The van der Waals surface area contributed by atoms with Gasteiger partial charge in [-0.25, -0.2) is 0 Å². The standard InChI is InChI=1S/C23H36ClN/c1-17(2)15-22(25-13-11-19(12-14-25)18(3)4)16-23(5,6)20-7-9-21(24)10-8-20/h7-10,15,18-19,22H,11-14,16H2,1-6H3. The molecule has 1 aromatic carbocycles. The molecule has 1 heterocycles. The number of benzene rings is 1. The van der Waals surface area contributed by atoms with E-state index in [-0.39, 0.29) is 5.41 Å². The lowest BCUT2D eigenvalue weighted by Crippen LogP contribution is -2.44. The van der Waals surface area contributed by atoms with Crippen molar-refractivity contribution >= 4 is 11.6 Å². The van der Waals surface area contributed by atoms with Gasteiger partial charge in [-0.15, -0.1) is 0 Å². The van der Waals surface area contributed by atoms with E-state index in [4.69, 9.17) is 11.6 Å². The van der Waals surface area contributed by atoms with Gasteiger partial charge in [-0.05, 0) is 81.1 Å². The highest BCUT2D eigenvalue weighted by atomic mass is 35.5. The maximum absolute atomic E-state index is 6.08. The van der Waals surface area contributed by atoms with Gasteiger partial charge < -0.3 is 0 Å². The molecule has 1 aromatic rings. The average molecular weight is 362 g/mol. The first kappa shape index (κ1) is 20.5. The maximum atomic E-state index is 6.08. The summed E-state index contributed by atoms with van der Waals surface area (Å²) in [6.45, 7) is 16.4. The number of piperidine rings is 1. The number of hydrogen-bond donors (Lipinski definition) is 0. The van der Waals surface area contributed by atoms with Crippen molar-refractivity contribution < 1.29 is 0 Å². The largest absolute Gasteiger partial charge is 0.297 e. The molecule has 1 saturated heterocycles. The van der Waals surface area contributed by atoms with Gasteiger partial charge in [-0.3, -0.25) is 4.90 Å². The van der Waals surface area contributed by atoms with Crippen molar-refractivity contribution in [3.05, 3.63) is 46.5 Å². The monoisotopic (exact) mass is 361 g/mol. The number of hydrogen-bond acceptors (Lipinski definition) is 1. The zero-order valence-electron chi connectivity index (χ0n) is 17.0. The molecular formula is C23H36ClN. The van der Waals surface area contributed by atoms with Crippen molar-refractivity contribution in [2.75, 3.05) is 13.1 Å². The molecule has 2 rings (SSSR count).